The molecule has 2 amide bonds. The molecule has 0 fully saturated rings. The van der Waals surface area contributed by atoms with Crippen molar-refractivity contribution >= 4 is 23.6 Å². The van der Waals surface area contributed by atoms with Gasteiger partial charge in [0.1, 0.15) is 5.60 Å². The van der Waals surface area contributed by atoms with Crippen molar-refractivity contribution in [2.75, 3.05) is 4.90 Å². The average molecular weight is 472 g/mol. The van der Waals surface area contributed by atoms with Gasteiger partial charge in [0.15, 0.2) is 0 Å². The third-order valence-electron chi connectivity index (χ3n) is 5.68. The molecule has 0 radical (unpaired) electrons. The number of benzene rings is 1. The number of ether oxygens (including phenoxy) is 1. The first kappa shape index (κ1) is 25.4. The van der Waals surface area contributed by atoms with Crippen LogP contribution in [0.2, 0.25) is 0 Å². The predicted octanol–water partition coefficient (Wildman–Crippen LogP) is 4.01. The lowest BCUT2D eigenvalue weighted by Gasteiger charge is -2.34. The Bertz CT molecular complexity index is 1110. The summed E-state index contributed by atoms with van der Waals surface area (Å²) in [4.78, 5) is 40.9. The van der Waals surface area contributed by atoms with Crippen LogP contribution in [0.3, 0.4) is 0 Å². The fourth-order valence-corrected chi connectivity index (χ4v) is 4.21. The molecule has 1 aliphatic rings. The van der Waals surface area contributed by atoms with Gasteiger partial charge in [0.25, 0.3) is 0 Å². The van der Waals surface area contributed by atoms with Crippen LogP contribution in [-0.4, -0.2) is 34.6 Å². The van der Waals surface area contributed by atoms with Crippen LogP contribution in [0.4, 0.5) is 15.3 Å². The number of amides is 2. The third kappa shape index (κ3) is 4.98. The van der Waals surface area contributed by atoms with Crippen molar-refractivity contribution in [2.45, 2.75) is 78.9 Å². The zero-order valence-electron chi connectivity index (χ0n) is 21.2. The van der Waals surface area contributed by atoms with Gasteiger partial charge in [-0.05, 0) is 54.5 Å². The normalized spacial score (nSPS) is 17.0. The van der Waals surface area contributed by atoms with E-state index >= 15 is 0 Å². The van der Waals surface area contributed by atoms with E-state index in [0.29, 0.717) is 12.1 Å². The molecule has 0 bridgehead atoms. The van der Waals surface area contributed by atoms with E-state index in [1.54, 1.807) is 25.7 Å². The van der Waals surface area contributed by atoms with E-state index < -0.39 is 40.9 Å². The summed E-state index contributed by atoms with van der Waals surface area (Å²) in [7, 11) is 0. The zero-order chi connectivity index (χ0) is 25.6. The first-order valence-corrected chi connectivity index (χ1v) is 11.5. The molecule has 0 aliphatic carbocycles. The van der Waals surface area contributed by atoms with Crippen molar-refractivity contribution in [3.05, 3.63) is 41.6 Å². The first-order chi connectivity index (χ1) is 15.6. The highest BCUT2D eigenvalue weighted by Gasteiger charge is 2.47. The minimum atomic E-state index is -0.913. The Hall–Kier alpha value is -3.23. The van der Waals surface area contributed by atoms with Crippen molar-refractivity contribution in [3.63, 3.8) is 0 Å². The molecule has 1 aliphatic heterocycles. The lowest BCUT2D eigenvalue weighted by molar-refractivity contribution is -0.637. The summed E-state index contributed by atoms with van der Waals surface area (Å²) < 4.78 is 12.3. The first-order valence-electron chi connectivity index (χ1n) is 11.5. The maximum absolute atomic E-state index is 13.9. The van der Waals surface area contributed by atoms with E-state index in [1.165, 1.54) is 0 Å². The highest BCUT2D eigenvalue weighted by atomic mass is 16.6. The van der Waals surface area contributed by atoms with Gasteiger partial charge in [-0.3, -0.25) is 9.69 Å². The number of para-hydroxylation sites is 1. The summed E-state index contributed by atoms with van der Waals surface area (Å²) in [5.74, 6) is -1.36. The fourth-order valence-electron chi connectivity index (χ4n) is 4.21. The van der Waals surface area contributed by atoms with Gasteiger partial charge in [-0.25, -0.2) is 10.5 Å². The number of ketones is 1. The molecule has 2 heterocycles. The Morgan fingerprint density at radius 1 is 1.15 bits per heavy atom. The maximum atomic E-state index is 13.9. The number of Topliss-reactive ketones (excluding diaryl/α,β-unsaturated/α-hetero) is 1. The molecule has 2 atom stereocenters. The van der Waals surface area contributed by atoms with Crippen LogP contribution in [0, 0.1) is 11.8 Å². The molecule has 2 aromatic rings. The van der Waals surface area contributed by atoms with Crippen LogP contribution in [0.5, 0.6) is 0 Å². The molecule has 9 nitrogen and oxygen atoms in total. The second-order valence-electron chi connectivity index (χ2n) is 11.1. The Kier molecular flexibility index (Phi) is 6.61. The molecule has 0 unspecified atom stereocenters. The third-order valence-corrected chi connectivity index (χ3v) is 5.68. The van der Waals surface area contributed by atoms with Gasteiger partial charge in [0.05, 0.1) is 17.6 Å². The van der Waals surface area contributed by atoms with Gasteiger partial charge >= 0.3 is 18.0 Å². The second-order valence-corrected chi connectivity index (χ2v) is 11.1. The van der Waals surface area contributed by atoms with Gasteiger partial charge in [-0.1, -0.05) is 52.8 Å². The Labute approximate surface area is 200 Å². The topological polar surface area (TPSA) is 120 Å². The highest BCUT2D eigenvalue weighted by Crippen LogP contribution is 2.39. The average Bonchev–Trinajstić information content (AvgIpc) is 3.28. The molecular formula is C25H35N4O5+. The van der Waals surface area contributed by atoms with Crippen LogP contribution in [-0.2, 0) is 16.6 Å². The number of nitrogens with zero attached hydrogens (tertiary/aromatic N) is 3. The molecular weight excluding hydrogens is 436 g/mol. The van der Waals surface area contributed by atoms with Crippen LogP contribution in [0.1, 0.15) is 77.5 Å². The SMILES string of the molecule is CC(C)[C@H](C(=O)c1oc(C(C)(C)C)n[n+]1C(N)=O)[C@@H]1Cc2ccccc2N1C(=O)OC(C)(C)C. The second kappa shape index (κ2) is 8.85. The van der Waals surface area contributed by atoms with E-state index in [4.69, 9.17) is 14.9 Å². The Balaban J connectivity index is 2.10. The number of hydrogen-bond acceptors (Lipinski definition) is 6. The Morgan fingerprint density at radius 3 is 2.29 bits per heavy atom. The van der Waals surface area contributed by atoms with E-state index in [9.17, 15) is 14.4 Å². The van der Waals surface area contributed by atoms with E-state index in [-0.39, 0.29) is 17.7 Å². The summed E-state index contributed by atoms with van der Waals surface area (Å²) in [6.07, 6.45) is -0.0717. The van der Waals surface area contributed by atoms with Crippen molar-refractivity contribution in [1.29, 1.82) is 0 Å². The largest absolute Gasteiger partial charge is 0.518 e. The van der Waals surface area contributed by atoms with E-state index in [1.807, 2.05) is 58.9 Å². The Morgan fingerprint density at radius 2 is 1.76 bits per heavy atom. The van der Waals surface area contributed by atoms with Crippen LogP contribution < -0.4 is 15.3 Å². The molecule has 0 saturated carbocycles. The van der Waals surface area contributed by atoms with E-state index in [2.05, 4.69) is 5.10 Å². The van der Waals surface area contributed by atoms with Crippen LogP contribution in [0.15, 0.2) is 28.7 Å². The molecule has 0 spiro atoms. The van der Waals surface area contributed by atoms with E-state index in [0.717, 1.165) is 10.2 Å². The molecule has 0 saturated heterocycles. The van der Waals surface area contributed by atoms with Gasteiger partial charge < -0.3 is 9.15 Å². The number of primary amides is 1. The van der Waals surface area contributed by atoms with Gasteiger partial charge in [-0.2, -0.15) is 4.79 Å². The summed E-state index contributed by atoms with van der Waals surface area (Å²) >= 11 is 0. The molecule has 1 aromatic carbocycles. The molecule has 1 aromatic heterocycles. The molecule has 184 valence electrons. The number of carbonyl (C=O) groups is 3. The minimum absolute atomic E-state index is 0.193. The fraction of sp³-hybridized carbons (Fsp3) is 0.560. The molecule has 2 N–H and O–H groups in total. The maximum Gasteiger partial charge on any atom is 0.518 e. The van der Waals surface area contributed by atoms with Gasteiger partial charge in [0, 0.05) is 5.41 Å². The molecule has 3 rings (SSSR count). The van der Waals surface area contributed by atoms with Crippen molar-refractivity contribution in [1.82, 2.24) is 5.10 Å². The number of nitrogens with two attached hydrogens (primary N) is 1. The number of rotatable bonds is 4. The van der Waals surface area contributed by atoms with Crippen molar-refractivity contribution in [3.8, 4) is 0 Å². The number of carbonyl (C=O) groups excluding carboxylic acids is 3. The lowest BCUT2D eigenvalue weighted by atomic mass is 9.82. The standard InChI is InChI=1S/C25H34N4O5/c1-14(2)18(19(30)20-29(22(26)31)27-21(33-20)24(3,4)5)17-13-15-11-9-10-12-16(15)28(17)23(32)34-25(6,7)8/h9-12,14,17-18H,13H2,1-8H3,(H-,26,31)/p+1/t17-,18-/m0/s1. The summed E-state index contributed by atoms with van der Waals surface area (Å²) in [6, 6.07) is 6.07. The smallest absolute Gasteiger partial charge is 0.443 e. The monoisotopic (exact) mass is 471 g/mol. The minimum Gasteiger partial charge on any atom is -0.443 e. The van der Waals surface area contributed by atoms with Crippen LogP contribution >= 0.6 is 0 Å². The quantitative estimate of drug-likeness (QED) is 0.531. The highest BCUT2D eigenvalue weighted by molar-refractivity contribution is 5.98. The number of anilines is 1. The van der Waals surface area contributed by atoms with Crippen molar-refractivity contribution in [2.24, 2.45) is 17.6 Å². The molecule has 9 heteroatoms. The van der Waals surface area contributed by atoms with Crippen LogP contribution in [0.25, 0.3) is 0 Å². The zero-order valence-corrected chi connectivity index (χ0v) is 21.2. The molecule has 34 heavy (non-hydrogen) atoms. The number of hydrogen-bond donors (Lipinski definition) is 1. The summed E-state index contributed by atoms with van der Waals surface area (Å²) in [5, 5.41) is 4.16. The lowest BCUT2D eigenvalue weighted by Crippen LogP contribution is -2.55. The number of aromatic nitrogens is 2. The summed E-state index contributed by atoms with van der Waals surface area (Å²) in [5.41, 5.74) is 5.90. The predicted molar refractivity (Wildman–Crippen MR) is 126 cm³/mol. The van der Waals surface area contributed by atoms with Crippen molar-refractivity contribution < 1.29 is 28.2 Å². The summed E-state index contributed by atoms with van der Waals surface area (Å²) in [6.45, 7) is 14.8. The number of fused-ring (bicyclic) bond motifs is 1. The van der Waals surface area contributed by atoms with Gasteiger partial charge in [-0.15, -0.1) is 0 Å². The van der Waals surface area contributed by atoms with Gasteiger partial charge in [0.2, 0.25) is 11.7 Å².